The van der Waals surface area contributed by atoms with Crippen LogP contribution in [0, 0.1) is 34.5 Å². The van der Waals surface area contributed by atoms with Gasteiger partial charge in [-0.2, -0.15) is 5.26 Å². The lowest BCUT2D eigenvalue weighted by atomic mass is 10.1. The first-order valence-corrected chi connectivity index (χ1v) is 3.89. The van der Waals surface area contributed by atoms with Gasteiger partial charge in [-0.3, -0.25) is 0 Å². The van der Waals surface area contributed by atoms with E-state index in [9.17, 15) is 5.11 Å². The molecular formula is C8H9NO. The second-order valence-corrected chi connectivity index (χ2v) is 3.97. The van der Waals surface area contributed by atoms with Crippen LogP contribution in [0.2, 0.25) is 0 Å². The van der Waals surface area contributed by atoms with Crippen LogP contribution in [-0.4, -0.2) is 11.2 Å². The lowest BCUT2D eigenvalue weighted by Crippen LogP contribution is -2.09. The highest BCUT2D eigenvalue weighted by molar-refractivity contribution is 5.33. The normalized spacial score (nSPS) is 68.0. The number of nitrogens with zero attached hydrogens (tertiary/aromatic N) is 1. The van der Waals surface area contributed by atoms with Crippen molar-refractivity contribution >= 4 is 0 Å². The fraction of sp³-hybridized carbons (Fsp3) is 0.875. The van der Waals surface area contributed by atoms with Crippen molar-refractivity contribution in [2.75, 3.05) is 0 Å². The summed E-state index contributed by atoms with van der Waals surface area (Å²) in [6, 6.07) is 2.38. The van der Waals surface area contributed by atoms with E-state index in [4.69, 9.17) is 5.26 Å². The van der Waals surface area contributed by atoms with E-state index in [1.807, 2.05) is 0 Å². The monoisotopic (exact) mass is 135 g/mol. The molecule has 5 atom stereocenters. The summed E-state index contributed by atoms with van der Waals surface area (Å²) in [7, 11) is 0. The van der Waals surface area contributed by atoms with E-state index in [2.05, 4.69) is 6.07 Å². The Morgan fingerprint density at radius 1 is 1.60 bits per heavy atom. The third-order valence-corrected chi connectivity index (χ3v) is 3.80. The van der Waals surface area contributed by atoms with Crippen LogP contribution in [0.3, 0.4) is 0 Å². The van der Waals surface area contributed by atoms with Gasteiger partial charge < -0.3 is 5.11 Å². The molecule has 4 aliphatic rings. The third kappa shape index (κ3) is 0.277. The first kappa shape index (κ1) is 5.15. The third-order valence-electron chi connectivity index (χ3n) is 3.80. The van der Waals surface area contributed by atoms with Crippen LogP contribution in [0.1, 0.15) is 12.8 Å². The summed E-state index contributed by atoms with van der Waals surface area (Å²) in [5, 5.41) is 18.3. The van der Waals surface area contributed by atoms with E-state index in [0.29, 0.717) is 17.8 Å². The number of hydrogen-bond acceptors (Lipinski definition) is 2. The van der Waals surface area contributed by atoms with Crippen molar-refractivity contribution in [3.05, 3.63) is 0 Å². The molecule has 0 saturated heterocycles. The molecular weight excluding hydrogens is 126 g/mol. The van der Waals surface area contributed by atoms with Crippen molar-refractivity contribution in [2.24, 2.45) is 23.2 Å². The molecule has 0 radical (unpaired) electrons. The number of hydrogen-bond donors (Lipinski definition) is 1. The van der Waals surface area contributed by atoms with Crippen molar-refractivity contribution in [2.45, 2.75) is 18.9 Å². The average molecular weight is 135 g/mol. The lowest BCUT2D eigenvalue weighted by molar-refractivity contribution is 0.134. The quantitative estimate of drug-likeness (QED) is 0.526. The van der Waals surface area contributed by atoms with Gasteiger partial charge in [0.15, 0.2) is 0 Å². The summed E-state index contributed by atoms with van der Waals surface area (Å²) in [5.41, 5.74) is -0.0376. The minimum absolute atomic E-state index is 0.0376. The number of nitriles is 1. The minimum atomic E-state index is -0.121. The zero-order valence-corrected chi connectivity index (χ0v) is 5.62. The molecule has 4 fully saturated rings. The topological polar surface area (TPSA) is 44.0 Å². The molecule has 0 spiro atoms. The SMILES string of the molecule is N#C[C@]12C[C@@H]3C[C@@H]1[C@@H]2[C@H]3O. The standard InChI is InChI=1S/C8H9NO/c9-3-8-2-4-1-5(8)6(8)7(4)10/h4-7,10H,1-2H2/t4-,5+,6+,7-,8+/m0/s1. The fourth-order valence-electron chi connectivity index (χ4n) is 3.34. The zero-order valence-electron chi connectivity index (χ0n) is 5.62. The molecule has 2 nitrogen and oxygen atoms in total. The predicted octanol–water partition coefficient (Wildman–Crippen LogP) is 0.527. The Morgan fingerprint density at radius 3 is 2.60 bits per heavy atom. The molecule has 0 heterocycles. The smallest absolute Gasteiger partial charge is 0.0697 e. The second kappa shape index (κ2) is 1.12. The maximum atomic E-state index is 9.49. The van der Waals surface area contributed by atoms with Crippen molar-refractivity contribution < 1.29 is 5.11 Å². The maximum absolute atomic E-state index is 9.49. The summed E-state index contributed by atoms with van der Waals surface area (Å²) in [5.74, 6) is 1.44. The van der Waals surface area contributed by atoms with Gasteiger partial charge in [0.05, 0.1) is 17.6 Å². The molecule has 0 aromatic heterocycles. The first-order valence-electron chi connectivity index (χ1n) is 3.89. The molecule has 0 aromatic carbocycles. The predicted molar refractivity (Wildman–Crippen MR) is 33.8 cm³/mol. The Kier molecular flexibility index (Phi) is 0.577. The summed E-state index contributed by atoms with van der Waals surface area (Å²) >= 11 is 0. The van der Waals surface area contributed by atoms with E-state index < -0.39 is 0 Å². The van der Waals surface area contributed by atoms with Gasteiger partial charge in [0.1, 0.15) is 0 Å². The average Bonchev–Trinajstić information content (AvgIpc) is 2.36. The number of rotatable bonds is 0. The summed E-state index contributed by atoms with van der Waals surface area (Å²) in [6.45, 7) is 0. The molecule has 0 unspecified atom stereocenters. The Balaban J connectivity index is 2.10. The molecule has 4 saturated carbocycles. The Morgan fingerprint density at radius 2 is 2.40 bits per heavy atom. The van der Waals surface area contributed by atoms with Crippen molar-refractivity contribution in [1.82, 2.24) is 0 Å². The minimum Gasteiger partial charge on any atom is -0.392 e. The Bertz CT molecular complexity index is 244. The molecule has 0 amide bonds. The van der Waals surface area contributed by atoms with Crippen LogP contribution < -0.4 is 0 Å². The molecule has 0 aliphatic heterocycles. The molecule has 4 rings (SSSR count). The van der Waals surface area contributed by atoms with E-state index in [1.165, 1.54) is 0 Å². The number of aliphatic hydroxyl groups excluding tert-OH is 1. The van der Waals surface area contributed by atoms with Gasteiger partial charge >= 0.3 is 0 Å². The van der Waals surface area contributed by atoms with Crippen LogP contribution in [0.15, 0.2) is 0 Å². The Labute approximate surface area is 59.5 Å². The van der Waals surface area contributed by atoms with Gasteiger partial charge in [-0.1, -0.05) is 0 Å². The molecule has 1 N–H and O–H groups in total. The van der Waals surface area contributed by atoms with E-state index in [1.54, 1.807) is 0 Å². The highest BCUT2D eigenvalue weighted by atomic mass is 16.3. The molecule has 0 aromatic rings. The summed E-state index contributed by atoms with van der Waals surface area (Å²) in [4.78, 5) is 0. The van der Waals surface area contributed by atoms with Gasteiger partial charge in [0.25, 0.3) is 0 Å². The highest BCUT2D eigenvalue weighted by Crippen LogP contribution is 2.78. The van der Waals surface area contributed by atoms with Crippen LogP contribution in [-0.2, 0) is 0 Å². The number of aliphatic hydroxyl groups is 1. The van der Waals surface area contributed by atoms with E-state index in [0.717, 1.165) is 12.8 Å². The molecule has 4 bridgehead atoms. The largest absolute Gasteiger partial charge is 0.392 e. The van der Waals surface area contributed by atoms with E-state index in [-0.39, 0.29) is 11.5 Å². The maximum Gasteiger partial charge on any atom is 0.0697 e. The van der Waals surface area contributed by atoms with Gasteiger partial charge in [0, 0.05) is 5.92 Å². The van der Waals surface area contributed by atoms with E-state index >= 15 is 0 Å². The van der Waals surface area contributed by atoms with Crippen molar-refractivity contribution in [3.63, 3.8) is 0 Å². The summed E-state index contributed by atoms with van der Waals surface area (Å²) in [6.07, 6.45) is 1.99. The van der Waals surface area contributed by atoms with Crippen LogP contribution in [0.25, 0.3) is 0 Å². The molecule has 4 aliphatic carbocycles. The van der Waals surface area contributed by atoms with Gasteiger partial charge in [0.2, 0.25) is 0 Å². The van der Waals surface area contributed by atoms with Crippen LogP contribution >= 0.6 is 0 Å². The fourth-order valence-corrected chi connectivity index (χ4v) is 3.34. The second-order valence-electron chi connectivity index (χ2n) is 3.97. The van der Waals surface area contributed by atoms with Crippen molar-refractivity contribution in [3.8, 4) is 6.07 Å². The molecule has 2 heteroatoms. The Hall–Kier alpha value is -0.550. The zero-order chi connectivity index (χ0) is 6.93. The highest BCUT2D eigenvalue weighted by Gasteiger charge is 2.79. The lowest BCUT2D eigenvalue weighted by Gasteiger charge is -2.03. The van der Waals surface area contributed by atoms with Crippen LogP contribution in [0.4, 0.5) is 0 Å². The summed E-state index contributed by atoms with van der Waals surface area (Å²) < 4.78 is 0. The van der Waals surface area contributed by atoms with Crippen LogP contribution in [0.5, 0.6) is 0 Å². The molecule has 52 valence electrons. The molecule has 10 heavy (non-hydrogen) atoms. The van der Waals surface area contributed by atoms with Gasteiger partial charge in [-0.25, -0.2) is 0 Å². The van der Waals surface area contributed by atoms with Gasteiger partial charge in [-0.05, 0) is 24.7 Å². The first-order chi connectivity index (χ1) is 4.79. The van der Waals surface area contributed by atoms with Gasteiger partial charge in [-0.15, -0.1) is 0 Å². The van der Waals surface area contributed by atoms with Crippen molar-refractivity contribution in [1.29, 1.82) is 5.26 Å².